The van der Waals surface area contributed by atoms with Crippen molar-refractivity contribution in [3.8, 4) is 5.75 Å². The van der Waals surface area contributed by atoms with E-state index in [1.54, 1.807) is 38.3 Å². The summed E-state index contributed by atoms with van der Waals surface area (Å²) < 4.78 is 10.2. The number of esters is 1. The minimum atomic E-state index is -0.830. The molecule has 4 rings (SSSR count). The number of rotatable bonds is 6. The highest BCUT2D eigenvalue weighted by atomic mass is 16.5. The van der Waals surface area contributed by atoms with Crippen LogP contribution in [0.25, 0.3) is 0 Å². The molecule has 2 aromatic carbocycles. The zero-order valence-corrected chi connectivity index (χ0v) is 19.8. The number of amides is 2. The molecule has 1 fully saturated rings. The van der Waals surface area contributed by atoms with E-state index in [1.807, 2.05) is 29.2 Å². The Labute approximate surface area is 203 Å². The fraction of sp³-hybridized carbons (Fsp3) is 0.360. The summed E-state index contributed by atoms with van der Waals surface area (Å²) in [6.45, 7) is 4.86. The fourth-order valence-corrected chi connectivity index (χ4v) is 3.99. The van der Waals surface area contributed by atoms with Crippen molar-refractivity contribution in [3.63, 3.8) is 0 Å². The Bertz CT molecular complexity index is 1090. The van der Waals surface area contributed by atoms with E-state index in [-0.39, 0.29) is 24.8 Å². The van der Waals surface area contributed by atoms with Gasteiger partial charge in [0.15, 0.2) is 0 Å². The lowest BCUT2D eigenvalue weighted by Crippen LogP contribution is -2.56. The molecule has 0 radical (unpaired) electrons. The van der Waals surface area contributed by atoms with Crippen molar-refractivity contribution in [3.05, 3.63) is 54.1 Å². The van der Waals surface area contributed by atoms with Crippen molar-refractivity contribution < 1.29 is 23.9 Å². The number of piperazine rings is 1. The monoisotopic (exact) mass is 479 g/mol. The minimum absolute atomic E-state index is 0.0257. The Hall–Kier alpha value is -4.08. The number of carbonyl (C=O) groups is 3. The normalized spacial score (nSPS) is 17.8. The number of hydrogen-bond donors (Lipinski definition) is 2. The second-order valence-electron chi connectivity index (χ2n) is 8.18. The summed E-state index contributed by atoms with van der Waals surface area (Å²) in [5, 5.41) is 5.58. The highest BCUT2D eigenvalue weighted by Gasteiger charge is 2.30. The van der Waals surface area contributed by atoms with Gasteiger partial charge in [0.25, 0.3) is 0 Å². The van der Waals surface area contributed by atoms with Crippen LogP contribution >= 0.6 is 0 Å². The van der Waals surface area contributed by atoms with Crippen molar-refractivity contribution >= 4 is 35.1 Å². The summed E-state index contributed by atoms with van der Waals surface area (Å²) in [6, 6.07) is 13.5. The van der Waals surface area contributed by atoms with Gasteiger partial charge in [-0.05, 0) is 55.5 Å². The van der Waals surface area contributed by atoms with Gasteiger partial charge in [0.05, 0.1) is 25.7 Å². The molecular formula is C25H29N5O5. The van der Waals surface area contributed by atoms with E-state index in [9.17, 15) is 14.4 Å². The molecule has 35 heavy (non-hydrogen) atoms. The maximum absolute atomic E-state index is 12.8. The topological polar surface area (TPSA) is 113 Å². The number of methoxy groups -OCH3 is 1. The number of nitrogens with one attached hydrogen (secondary N) is 2. The molecule has 184 valence electrons. The fourth-order valence-electron chi connectivity index (χ4n) is 3.99. The van der Waals surface area contributed by atoms with E-state index in [0.29, 0.717) is 30.3 Å². The summed E-state index contributed by atoms with van der Waals surface area (Å²) in [5.41, 5.74) is 2.01. The highest BCUT2D eigenvalue weighted by molar-refractivity contribution is 6.06. The zero-order chi connectivity index (χ0) is 24.8. The van der Waals surface area contributed by atoms with Gasteiger partial charge in [0, 0.05) is 37.6 Å². The van der Waals surface area contributed by atoms with Gasteiger partial charge in [-0.25, -0.2) is 9.79 Å². The van der Waals surface area contributed by atoms with Crippen LogP contribution in [-0.2, 0) is 14.3 Å². The molecule has 10 heteroatoms. The zero-order valence-electron chi connectivity index (χ0n) is 19.8. The van der Waals surface area contributed by atoms with Crippen molar-refractivity contribution in [2.45, 2.75) is 19.4 Å². The standard InChI is InChI=1S/C25H29N5O5/c1-3-35-24(33)17-4-6-18(7-5-17)26-23(32)21-16-22(31)28-25(27-21)30-14-12-29(13-15-30)19-8-10-20(34-2)11-9-19/h4-11,21H,3,12-16H2,1-2H3,(H,26,32)(H,27,28,31)/t21-/m0/s1. The average molecular weight is 480 g/mol. The predicted molar refractivity (Wildman–Crippen MR) is 132 cm³/mol. The molecule has 0 saturated carbocycles. The van der Waals surface area contributed by atoms with Gasteiger partial charge in [-0.2, -0.15) is 0 Å². The molecule has 0 unspecified atom stereocenters. The number of guanidine groups is 1. The number of carbonyl (C=O) groups excluding carboxylic acids is 3. The van der Waals surface area contributed by atoms with Crippen LogP contribution in [0, 0.1) is 0 Å². The number of ether oxygens (including phenoxy) is 2. The van der Waals surface area contributed by atoms with E-state index < -0.39 is 12.0 Å². The van der Waals surface area contributed by atoms with Gasteiger partial charge < -0.3 is 24.6 Å². The van der Waals surface area contributed by atoms with Gasteiger partial charge in [-0.3, -0.25) is 14.9 Å². The largest absolute Gasteiger partial charge is 0.497 e. The van der Waals surface area contributed by atoms with Crippen molar-refractivity contribution in [2.24, 2.45) is 4.99 Å². The van der Waals surface area contributed by atoms with Crippen molar-refractivity contribution in [1.29, 1.82) is 0 Å². The Morgan fingerprint density at radius 2 is 1.69 bits per heavy atom. The van der Waals surface area contributed by atoms with E-state index in [2.05, 4.69) is 20.5 Å². The van der Waals surface area contributed by atoms with E-state index in [4.69, 9.17) is 9.47 Å². The summed E-state index contributed by atoms with van der Waals surface area (Å²) in [6.07, 6.45) is -0.0257. The number of hydrogen-bond acceptors (Lipinski definition) is 8. The lowest BCUT2D eigenvalue weighted by molar-refractivity contribution is -0.125. The van der Waals surface area contributed by atoms with E-state index in [1.165, 1.54) is 0 Å². The summed E-state index contributed by atoms with van der Waals surface area (Å²) in [7, 11) is 1.64. The minimum Gasteiger partial charge on any atom is -0.497 e. The molecule has 2 N–H and O–H groups in total. The van der Waals surface area contributed by atoms with Gasteiger partial charge >= 0.3 is 5.97 Å². The smallest absolute Gasteiger partial charge is 0.338 e. The van der Waals surface area contributed by atoms with E-state index >= 15 is 0 Å². The second-order valence-corrected chi connectivity index (χ2v) is 8.18. The molecule has 2 heterocycles. The lowest BCUT2D eigenvalue weighted by Gasteiger charge is -2.38. The van der Waals surface area contributed by atoms with Gasteiger partial charge in [0.2, 0.25) is 17.8 Å². The maximum Gasteiger partial charge on any atom is 0.338 e. The average Bonchev–Trinajstić information content (AvgIpc) is 2.89. The third-order valence-electron chi connectivity index (χ3n) is 5.89. The Kier molecular flexibility index (Phi) is 7.49. The first-order valence-electron chi connectivity index (χ1n) is 11.6. The van der Waals surface area contributed by atoms with Gasteiger partial charge in [-0.1, -0.05) is 0 Å². The van der Waals surface area contributed by atoms with Crippen LogP contribution in [0.15, 0.2) is 53.5 Å². The molecule has 1 atom stereocenters. The van der Waals surface area contributed by atoms with Crippen LogP contribution in [0.2, 0.25) is 0 Å². The van der Waals surface area contributed by atoms with Crippen LogP contribution in [0.1, 0.15) is 23.7 Å². The highest BCUT2D eigenvalue weighted by Crippen LogP contribution is 2.21. The Morgan fingerprint density at radius 1 is 1.03 bits per heavy atom. The molecule has 2 amide bonds. The molecule has 2 aliphatic heterocycles. The second kappa shape index (κ2) is 10.9. The van der Waals surface area contributed by atoms with Crippen LogP contribution in [0.3, 0.4) is 0 Å². The number of aliphatic imine (C=N–C) groups is 1. The first kappa shape index (κ1) is 24.1. The molecule has 0 aromatic heterocycles. The third kappa shape index (κ3) is 5.89. The third-order valence-corrected chi connectivity index (χ3v) is 5.89. The number of benzene rings is 2. The molecule has 0 aliphatic carbocycles. The lowest BCUT2D eigenvalue weighted by atomic mass is 10.1. The van der Waals surface area contributed by atoms with Gasteiger partial charge in [0.1, 0.15) is 11.8 Å². The summed E-state index contributed by atoms with van der Waals surface area (Å²) in [4.78, 5) is 45.7. The molecule has 0 bridgehead atoms. The summed E-state index contributed by atoms with van der Waals surface area (Å²) in [5.74, 6) is 0.193. The first-order chi connectivity index (χ1) is 17.0. The van der Waals surface area contributed by atoms with Gasteiger partial charge in [-0.15, -0.1) is 0 Å². The number of nitrogens with zero attached hydrogens (tertiary/aromatic N) is 3. The summed E-state index contributed by atoms with van der Waals surface area (Å²) >= 11 is 0. The Morgan fingerprint density at radius 3 is 2.31 bits per heavy atom. The van der Waals surface area contributed by atoms with Crippen LogP contribution in [0.4, 0.5) is 11.4 Å². The van der Waals surface area contributed by atoms with Crippen molar-refractivity contribution in [1.82, 2.24) is 10.2 Å². The van der Waals surface area contributed by atoms with Crippen LogP contribution < -0.4 is 20.3 Å². The quantitative estimate of drug-likeness (QED) is 0.609. The molecule has 2 aliphatic rings. The van der Waals surface area contributed by atoms with Crippen LogP contribution in [0.5, 0.6) is 5.75 Å². The molecule has 2 aromatic rings. The SMILES string of the molecule is CCOC(=O)c1ccc(NC(=O)[C@@H]2CC(=O)NC(N3CCN(c4ccc(OC)cc4)CC3)=N2)cc1. The molecule has 10 nitrogen and oxygen atoms in total. The molecule has 1 saturated heterocycles. The Balaban J connectivity index is 1.36. The molecule has 0 spiro atoms. The molecular weight excluding hydrogens is 450 g/mol. The van der Waals surface area contributed by atoms with Crippen molar-refractivity contribution in [2.75, 3.05) is 50.1 Å². The number of anilines is 2. The first-order valence-corrected chi connectivity index (χ1v) is 11.6. The van der Waals surface area contributed by atoms with Crippen LogP contribution in [-0.4, -0.2) is 74.6 Å². The predicted octanol–water partition coefficient (Wildman–Crippen LogP) is 1.88. The maximum atomic E-state index is 12.8. The van der Waals surface area contributed by atoms with E-state index in [0.717, 1.165) is 24.5 Å².